The Morgan fingerprint density at radius 2 is 1.90 bits per heavy atom. The zero-order valence-corrected chi connectivity index (χ0v) is 18.2. The summed E-state index contributed by atoms with van der Waals surface area (Å²) < 4.78 is 5.48. The Balaban J connectivity index is 1.67. The van der Waals surface area contributed by atoms with E-state index in [0.29, 0.717) is 25.0 Å². The maximum atomic E-state index is 12.3. The topological polar surface area (TPSA) is 81.3 Å². The molecular weight excluding hydrogens is 364 g/mol. The van der Waals surface area contributed by atoms with E-state index in [2.05, 4.69) is 42.0 Å². The molecule has 2 N–H and O–H groups in total. The number of carbonyl (C=O) groups excluding carboxylic acids is 1. The SMILES string of the molecule is Cc1cccc(-c2cc(CC3CCN(C(=O)OC(C)(C)C)CC3)nc(N)n2)c1C. The lowest BCUT2D eigenvalue weighted by Gasteiger charge is -2.33. The first kappa shape index (κ1) is 21.1. The smallest absolute Gasteiger partial charge is 0.410 e. The van der Waals surface area contributed by atoms with E-state index in [-0.39, 0.29) is 6.09 Å². The van der Waals surface area contributed by atoms with Crippen molar-refractivity contribution < 1.29 is 9.53 Å². The lowest BCUT2D eigenvalue weighted by molar-refractivity contribution is 0.0184. The van der Waals surface area contributed by atoms with Gasteiger partial charge in [0.15, 0.2) is 0 Å². The number of anilines is 1. The van der Waals surface area contributed by atoms with Gasteiger partial charge in [-0.3, -0.25) is 0 Å². The van der Waals surface area contributed by atoms with Crippen LogP contribution in [0.25, 0.3) is 11.3 Å². The first-order valence-corrected chi connectivity index (χ1v) is 10.3. The summed E-state index contributed by atoms with van der Waals surface area (Å²) in [5.41, 5.74) is 10.9. The number of aryl methyl sites for hydroxylation is 1. The molecule has 0 saturated carbocycles. The van der Waals surface area contributed by atoms with Gasteiger partial charge < -0.3 is 15.4 Å². The molecule has 1 aliphatic heterocycles. The van der Waals surface area contributed by atoms with Crippen LogP contribution in [-0.4, -0.2) is 39.7 Å². The third-order valence-corrected chi connectivity index (χ3v) is 5.44. The molecule has 1 saturated heterocycles. The molecule has 1 aromatic heterocycles. The van der Waals surface area contributed by atoms with Crippen molar-refractivity contribution >= 4 is 12.0 Å². The summed E-state index contributed by atoms with van der Waals surface area (Å²) in [5, 5.41) is 0. The number of nitrogens with two attached hydrogens (primary N) is 1. The second-order valence-corrected chi connectivity index (χ2v) is 8.97. The van der Waals surface area contributed by atoms with Gasteiger partial charge in [0.1, 0.15) is 5.60 Å². The van der Waals surface area contributed by atoms with E-state index in [1.165, 1.54) is 11.1 Å². The number of carbonyl (C=O) groups is 1. The van der Waals surface area contributed by atoms with Gasteiger partial charge in [0.25, 0.3) is 0 Å². The molecule has 3 rings (SSSR count). The number of nitrogen functional groups attached to an aromatic ring is 1. The van der Waals surface area contributed by atoms with E-state index in [4.69, 9.17) is 10.5 Å². The van der Waals surface area contributed by atoms with Gasteiger partial charge in [-0.15, -0.1) is 0 Å². The highest BCUT2D eigenvalue weighted by molar-refractivity contribution is 5.68. The number of ether oxygens (including phenoxy) is 1. The third-order valence-electron chi connectivity index (χ3n) is 5.44. The molecule has 6 heteroatoms. The zero-order valence-electron chi connectivity index (χ0n) is 18.2. The quantitative estimate of drug-likeness (QED) is 0.824. The summed E-state index contributed by atoms with van der Waals surface area (Å²) in [5.74, 6) is 0.777. The number of aromatic nitrogens is 2. The number of amides is 1. The van der Waals surface area contributed by atoms with Crippen LogP contribution in [0.1, 0.15) is 50.4 Å². The minimum absolute atomic E-state index is 0.223. The van der Waals surface area contributed by atoms with Crippen LogP contribution >= 0.6 is 0 Å². The lowest BCUT2D eigenvalue weighted by Crippen LogP contribution is -2.42. The van der Waals surface area contributed by atoms with Gasteiger partial charge in [-0.2, -0.15) is 0 Å². The number of hydrogen-bond acceptors (Lipinski definition) is 5. The van der Waals surface area contributed by atoms with Gasteiger partial charge in [0.2, 0.25) is 5.95 Å². The average Bonchev–Trinajstić information content (AvgIpc) is 2.62. The Bertz CT molecular complexity index is 881. The third kappa shape index (κ3) is 5.46. The van der Waals surface area contributed by atoms with E-state index in [1.807, 2.05) is 26.8 Å². The first-order chi connectivity index (χ1) is 13.6. The molecule has 0 bridgehead atoms. The largest absolute Gasteiger partial charge is 0.444 e. The molecule has 0 aliphatic carbocycles. The number of hydrogen-bond donors (Lipinski definition) is 1. The van der Waals surface area contributed by atoms with Crippen molar-refractivity contribution in [1.29, 1.82) is 0 Å². The van der Waals surface area contributed by atoms with Crippen LogP contribution in [0.15, 0.2) is 24.3 Å². The van der Waals surface area contributed by atoms with Gasteiger partial charge in [-0.05, 0) is 77.0 Å². The van der Waals surface area contributed by atoms with Crippen LogP contribution in [-0.2, 0) is 11.2 Å². The van der Waals surface area contributed by atoms with Gasteiger partial charge in [0, 0.05) is 24.3 Å². The van der Waals surface area contributed by atoms with Crippen molar-refractivity contribution in [2.45, 2.75) is 59.5 Å². The van der Waals surface area contributed by atoms with E-state index >= 15 is 0 Å². The summed E-state index contributed by atoms with van der Waals surface area (Å²) >= 11 is 0. The Kier molecular flexibility index (Phi) is 6.10. The molecule has 1 aliphatic rings. The zero-order chi connectivity index (χ0) is 21.2. The summed E-state index contributed by atoms with van der Waals surface area (Å²) in [6, 6.07) is 8.27. The van der Waals surface area contributed by atoms with E-state index in [1.54, 1.807) is 4.90 Å². The lowest BCUT2D eigenvalue weighted by atomic mass is 9.91. The molecule has 0 unspecified atom stereocenters. The Hall–Kier alpha value is -2.63. The molecule has 29 heavy (non-hydrogen) atoms. The minimum Gasteiger partial charge on any atom is -0.444 e. The molecule has 6 nitrogen and oxygen atoms in total. The molecule has 2 heterocycles. The van der Waals surface area contributed by atoms with Crippen LogP contribution in [0.5, 0.6) is 0 Å². The molecule has 156 valence electrons. The van der Waals surface area contributed by atoms with Crippen LogP contribution in [0.2, 0.25) is 0 Å². The van der Waals surface area contributed by atoms with Crippen molar-refractivity contribution in [2.24, 2.45) is 5.92 Å². The molecule has 0 atom stereocenters. The maximum absolute atomic E-state index is 12.3. The molecule has 1 amide bonds. The van der Waals surface area contributed by atoms with Crippen LogP contribution in [0, 0.1) is 19.8 Å². The van der Waals surface area contributed by atoms with Gasteiger partial charge in [-0.1, -0.05) is 18.2 Å². The number of likely N-dealkylation sites (tertiary alicyclic amines) is 1. The van der Waals surface area contributed by atoms with Crippen molar-refractivity contribution in [3.8, 4) is 11.3 Å². The number of piperidine rings is 1. The highest BCUT2D eigenvalue weighted by Crippen LogP contribution is 2.27. The van der Waals surface area contributed by atoms with Gasteiger partial charge in [-0.25, -0.2) is 14.8 Å². The molecule has 1 fully saturated rings. The Morgan fingerprint density at radius 3 is 2.55 bits per heavy atom. The average molecular weight is 397 g/mol. The van der Waals surface area contributed by atoms with Crippen LogP contribution in [0.3, 0.4) is 0 Å². The fourth-order valence-corrected chi connectivity index (χ4v) is 3.73. The number of nitrogens with zero attached hydrogens (tertiary/aromatic N) is 3. The van der Waals surface area contributed by atoms with E-state index in [9.17, 15) is 4.79 Å². The maximum Gasteiger partial charge on any atom is 0.410 e. The molecule has 0 radical (unpaired) electrons. The van der Waals surface area contributed by atoms with Gasteiger partial charge >= 0.3 is 6.09 Å². The van der Waals surface area contributed by atoms with Crippen molar-refractivity contribution in [3.63, 3.8) is 0 Å². The highest BCUT2D eigenvalue weighted by atomic mass is 16.6. The second kappa shape index (κ2) is 8.39. The van der Waals surface area contributed by atoms with Crippen LogP contribution < -0.4 is 5.73 Å². The Labute approximate surface area is 173 Å². The summed E-state index contributed by atoms with van der Waals surface area (Å²) in [6.07, 6.45) is 2.48. The fraction of sp³-hybridized carbons (Fsp3) is 0.522. The summed E-state index contributed by atoms with van der Waals surface area (Å²) in [7, 11) is 0. The molecule has 0 spiro atoms. The van der Waals surface area contributed by atoms with Crippen molar-refractivity contribution in [1.82, 2.24) is 14.9 Å². The number of benzene rings is 1. The van der Waals surface area contributed by atoms with Crippen LogP contribution in [0.4, 0.5) is 10.7 Å². The van der Waals surface area contributed by atoms with Crippen molar-refractivity contribution in [3.05, 3.63) is 41.1 Å². The number of rotatable bonds is 3. The highest BCUT2D eigenvalue weighted by Gasteiger charge is 2.27. The summed E-state index contributed by atoms with van der Waals surface area (Å²) in [4.78, 5) is 23.0. The van der Waals surface area contributed by atoms with Gasteiger partial charge in [0.05, 0.1) is 5.69 Å². The fourth-order valence-electron chi connectivity index (χ4n) is 3.73. The summed E-state index contributed by atoms with van der Waals surface area (Å²) in [6.45, 7) is 11.3. The first-order valence-electron chi connectivity index (χ1n) is 10.3. The van der Waals surface area contributed by atoms with E-state index in [0.717, 1.165) is 36.2 Å². The second-order valence-electron chi connectivity index (χ2n) is 8.97. The molecule has 2 aromatic rings. The minimum atomic E-state index is -0.462. The van der Waals surface area contributed by atoms with Crippen molar-refractivity contribution in [2.75, 3.05) is 18.8 Å². The standard InChI is InChI=1S/C23H32N4O2/c1-15-7-6-8-19(16(15)2)20-14-18(25-21(24)26-20)13-17-9-11-27(12-10-17)22(28)29-23(3,4)5/h6-8,14,17H,9-13H2,1-5H3,(H2,24,25,26). The molecular formula is C23H32N4O2. The predicted molar refractivity (Wildman–Crippen MR) is 116 cm³/mol. The normalized spacial score (nSPS) is 15.4. The Morgan fingerprint density at radius 1 is 1.21 bits per heavy atom. The predicted octanol–water partition coefficient (Wildman–Crippen LogP) is 4.53. The monoisotopic (exact) mass is 396 g/mol. The van der Waals surface area contributed by atoms with E-state index < -0.39 is 5.60 Å². The molecule has 1 aromatic carbocycles.